The molecule has 5 nitrogen and oxygen atoms in total. The largest absolute Gasteiger partial charge is 0.452 e. The molecule has 1 amide bonds. The Morgan fingerprint density at radius 2 is 1.87 bits per heavy atom. The lowest BCUT2D eigenvalue weighted by molar-refractivity contribution is -0.125. The number of nitrogens with one attached hydrogen (secondary N) is 1. The fraction of sp³-hybridized carbons (Fsp3) is 0.560. The molecule has 1 aromatic carbocycles. The summed E-state index contributed by atoms with van der Waals surface area (Å²) in [6.07, 6.45) is 8.34. The van der Waals surface area contributed by atoms with Crippen molar-refractivity contribution >= 4 is 22.8 Å². The Labute approximate surface area is 178 Å². The maximum atomic E-state index is 13.1. The van der Waals surface area contributed by atoms with Crippen molar-refractivity contribution < 1.29 is 14.3 Å². The van der Waals surface area contributed by atoms with Crippen molar-refractivity contribution in [3.63, 3.8) is 0 Å². The van der Waals surface area contributed by atoms with Gasteiger partial charge in [0.15, 0.2) is 6.61 Å². The minimum absolute atomic E-state index is 0.165. The highest BCUT2D eigenvalue weighted by Gasteiger charge is 2.29. The van der Waals surface area contributed by atoms with Crippen LogP contribution >= 0.6 is 0 Å². The molecule has 1 heterocycles. The van der Waals surface area contributed by atoms with E-state index >= 15 is 0 Å². The Balaban J connectivity index is 1.50. The smallest absolute Gasteiger partial charge is 0.339 e. The first-order chi connectivity index (χ1) is 14.5. The van der Waals surface area contributed by atoms with Crippen molar-refractivity contribution in [1.29, 1.82) is 0 Å². The Bertz CT molecular complexity index is 939. The summed E-state index contributed by atoms with van der Waals surface area (Å²) in [6.45, 7) is 4.20. The van der Waals surface area contributed by atoms with Gasteiger partial charge in [-0.1, -0.05) is 51.3 Å². The molecule has 1 N–H and O–H groups in total. The van der Waals surface area contributed by atoms with E-state index in [2.05, 4.69) is 19.2 Å². The number of benzene rings is 1. The van der Waals surface area contributed by atoms with Gasteiger partial charge in [-0.25, -0.2) is 4.79 Å². The standard InChI is InChI=1S/C25H32N2O3/c1-16-9-8-14-20(17(16)2)27-23(28)15-30-25(29)24-18-10-4-3-5-12-21(18)26-22-13-7-6-11-19(22)24/h6-7,11,13,16-17,20H,3-5,8-10,12,14-15H2,1-2H3,(H,27,28)/t16-,17+,20+/m0/s1. The van der Waals surface area contributed by atoms with Gasteiger partial charge in [0, 0.05) is 17.1 Å². The summed E-state index contributed by atoms with van der Waals surface area (Å²) >= 11 is 0. The van der Waals surface area contributed by atoms with E-state index in [1.807, 2.05) is 24.3 Å². The van der Waals surface area contributed by atoms with Crippen LogP contribution in [0.25, 0.3) is 10.9 Å². The SMILES string of the molecule is C[C@@H]1[C@@H](C)CCC[C@H]1NC(=O)COC(=O)c1c2c(nc3ccccc13)CCCCC2. The highest BCUT2D eigenvalue weighted by atomic mass is 16.5. The summed E-state index contributed by atoms with van der Waals surface area (Å²) in [7, 11) is 0. The minimum atomic E-state index is -0.410. The average molecular weight is 409 g/mol. The quantitative estimate of drug-likeness (QED) is 0.593. The van der Waals surface area contributed by atoms with Crippen LogP contribution in [-0.2, 0) is 22.4 Å². The highest BCUT2D eigenvalue weighted by molar-refractivity contribution is 6.05. The fourth-order valence-electron chi connectivity index (χ4n) is 5.02. The number of fused-ring (bicyclic) bond motifs is 2. The number of carbonyl (C=O) groups is 2. The van der Waals surface area contributed by atoms with Crippen molar-refractivity contribution in [2.75, 3.05) is 6.61 Å². The molecular formula is C25H32N2O3. The van der Waals surface area contributed by atoms with Gasteiger partial charge in [0.25, 0.3) is 5.91 Å². The number of hydrogen-bond donors (Lipinski definition) is 1. The Morgan fingerprint density at radius 1 is 1.07 bits per heavy atom. The first-order valence-electron chi connectivity index (χ1n) is 11.4. The molecule has 3 atom stereocenters. The molecule has 0 unspecified atom stereocenters. The van der Waals surface area contributed by atoms with E-state index < -0.39 is 5.97 Å². The monoisotopic (exact) mass is 408 g/mol. The molecule has 2 aliphatic rings. The molecule has 30 heavy (non-hydrogen) atoms. The van der Waals surface area contributed by atoms with Crippen LogP contribution in [0.3, 0.4) is 0 Å². The summed E-state index contributed by atoms with van der Waals surface area (Å²) in [5.74, 6) is 0.425. The number of aryl methyl sites for hydroxylation is 1. The zero-order chi connectivity index (χ0) is 21.1. The number of rotatable bonds is 4. The van der Waals surface area contributed by atoms with Crippen LogP contribution in [0.5, 0.6) is 0 Å². The molecule has 1 saturated carbocycles. The van der Waals surface area contributed by atoms with E-state index in [4.69, 9.17) is 9.72 Å². The molecule has 0 radical (unpaired) electrons. The first-order valence-corrected chi connectivity index (χ1v) is 11.4. The third-order valence-corrected chi connectivity index (χ3v) is 7.01. The predicted molar refractivity (Wildman–Crippen MR) is 117 cm³/mol. The topological polar surface area (TPSA) is 68.3 Å². The van der Waals surface area contributed by atoms with Crippen molar-refractivity contribution in [2.24, 2.45) is 11.8 Å². The van der Waals surface area contributed by atoms with Gasteiger partial charge in [-0.2, -0.15) is 0 Å². The molecule has 4 rings (SSSR count). The normalized spacial score (nSPS) is 24.0. The van der Waals surface area contributed by atoms with Gasteiger partial charge in [-0.05, 0) is 55.6 Å². The number of para-hydroxylation sites is 1. The molecule has 2 aromatic rings. The van der Waals surface area contributed by atoms with E-state index in [0.29, 0.717) is 17.4 Å². The number of esters is 1. The number of aromatic nitrogens is 1. The van der Waals surface area contributed by atoms with Crippen LogP contribution in [-0.4, -0.2) is 29.5 Å². The van der Waals surface area contributed by atoms with Crippen LogP contribution in [0.4, 0.5) is 0 Å². The second kappa shape index (κ2) is 9.15. The number of ether oxygens (including phenoxy) is 1. The zero-order valence-electron chi connectivity index (χ0n) is 18.1. The number of nitrogens with zero attached hydrogens (tertiary/aromatic N) is 1. The van der Waals surface area contributed by atoms with Crippen LogP contribution in [0, 0.1) is 11.8 Å². The maximum Gasteiger partial charge on any atom is 0.339 e. The summed E-state index contributed by atoms with van der Waals surface area (Å²) in [4.78, 5) is 30.5. The van der Waals surface area contributed by atoms with Crippen LogP contribution in [0.2, 0.25) is 0 Å². The van der Waals surface area contributed by atoms with Crippen molar-refractivity contribution in [3.8, 4) is 0 Å². The van der Waals surface area contributed by atoms with E-state index in [0.717, 1.165) is 67.1 Å². The summed E-state index contributed by atoms with van der Waals surface area (Å²) in [5, 5.41) is 3.90. The third kappa shape index (κ3) is 4.35. The summed E-state index contributed by atoms with van der Waals surface area (Å²) in [6, 6.07) is 7.89. The van der Waals surface area contributed by atoms with Gasteiger partial charge in [-0.3, -0.25) is 9.78 Å². The van der Waals surface area contributed by atoms with Crippen molar-refractivity contribution in [3.05, 3.63) is 41.1 Å². The van der Waals surface area contributed by atoms with Crippen molar-refractivity contribution in [1.82, 2.24) is 10.3 Å². The number of pyridine rings is 1. The molecule has 5 heteroatoms. The van der Waals surface area contributed by atoms with E-state index in [-0.39, 0.29) is 18.6 Å². The van der Waals surface area contributed by atoms with E-state index in [9.17, 15) is 9.59 Å². The molecule has 1 fully saturated rings. The molecule has 0 aliphatic heterocycles. The number of hydrogen-bond acceptors (Lipinski definition) is 4. The van der Waals surface area contributed by atoms with Gasteiger partial charge < -0.3 is 10.1 Å². The Kier molecular flexibility index (Phi) is 6.35. The van der Waals surface area contributed by atoms with Gasteiger partial charge in [-0.15, -0.1) is 0 Å². The zero-order valence-corrected chi connectivity index (χ0v) is 18.1. The molecule has 160 valence electrons. The molecular weight excluding hydrogens is 376 g/mol. The lowest BCUT2D eigenvalue weighted by atomic mass is 9.78. The molecule has 2 aliphatic carbocycles. The number of amides is 1. The second-order valence-electron chi connectivity index (χ2n) is 9.01. The highest BCUT2D eigenvalue weighted by Crippen LogP contribution is 2.30. The lowest BCUT2D eigenvalue weighted by Gasteiger charge is -2.34. The summed E-state index contributed by atoms with van der Waals surface area (Å²) < 4.78 is 5.53. The van der Waals surface area contributed by atoms with Gasteiger partial charge in [0.1, 0.15) is 0 Å². The van der Waals surface area contributed by atoms with E-state index in [1.54, 1.807) is 0 Å². The van der Waals surface area contributed by atoms with E-state index in [1.165, 1.54) is 6.42 Å². The summed E-state index contributed by atoms with van der Waals surface area (Å²) in [5.41, 5.74) is 3.43. The first kappa shape index (κ1) is 20.8. The predicted octanol–water partition coefficient (Wildman–Crippen LogP) is 4.60. The van der Waals surface area contributed by atoms with Gasteiger partial charge >= 0.3 is 5.97 Å². The maximum absolute atomic E-state index is 13.1. The lowest BCUT2D eigenvalue weighted by Crippen LogP contribution is -2.45. The number of carbonyl (C=O) groups excluding carboxylic acids is 2. The average Bonchev–Trinajstić information content (AvgIpc) is 2.98. The minimum Gasteiger partial charge on any atom is -0.452 e. The van der Waals surface area contributed by atoms with Crippen LogP contribution in [0.1, 0.15) is 74.0 Å². The third-order valence-electron chi connectivity index (χ3n) is 7.01. The molecule has 0 spiro atoms. The van der Waals surface area contributed by atoms with Crippen molar-refractivity contribution in [2.45, 2.75) is 71.3 Å². The van der Waals surface area contributed by atoms with Crippen LogP contribution in [0.15, 0.2) is 24.3 Å². The Morgan fingerprint density at radius 3 is 2.73 bits per heavy atom. The van der Waals surface area contributed by atoms with Crippen LogP contribution < -0.4 is 5.32 Å². The van der Waals surface area contributed by atoms with Gasteiger partial charge in [0.2, 0.25) is 0 Å². The fourth-order valence-corrected chi connectivity index (χ4v) is 5.02. The second-order valence-corrected chi connectivity index (χ2v) is 9.01. The Hall–Kier alpha value is -2.43. The molecule has 0 bridgehead atoms. The van der Waals surface area contributed by atoms with Gasteiger partial charge in [0.05, 0.1) is 11.1 Å². The molecule has 0 saturated heterocycles. The molecule has 1 aromatic heterocycles.